The molecular formula is C21H20N2O3. The van der Waals surface area contributed by atoms with E-state index in [4.69, 9.17) is 4.74 Å². The fraction of sp³-hybridized carbons (Fsp3) is 0.190. The zero-order valence-electron chi connectivity index (χ0n) is 14.6. The van der Waals surface area contributed by atoms with Crippen molar-refractivity contribution in [3.8, 4) is 0 Å². The molecule has 0 aliphatic carbocycles. The first-order chi connectivity index (χ1) is 12.6. The minimum Gasteiger partial charge on any atom is -0.461 e. The number of esters is 1. The summed E-state index contributed by atoms with van der Waals surface area (Å²) in [6.07, 6.45) is 0.447. The Morgan fingerprint density at radius 3 is 2.27 bits per heavy atom. The molecule has 1 N–H and O–H groups in total. The lowest BCUT2D eigenvalue weighted by Crippen LogP contribution is -2.21. The Kier molecular flexibility index (Phi) is 5.59. The Bertz CT molecular complexity index is 934. The van der Waals surface area contributed by atoms with Crippen LogP contribution in [0.2, 0.25) is 0 Å². The SMILES string of the molecule is Cc1nc(Cc2ccccc2)c(=O)[nH]c1CC(=O)OCc1ccccc1. The molecule has 3 rings (SSSR count). The average molecular weight is 348 g/mol. The predicted molar refractivity (Wildman–Crippen MR) is 98.8 cm³/mol. The van der Waals surface area contributed by atoms with E-state index in [-0.39, 0.29) is 18.6 Å². The molecule has 0 unspecified atom stereocenters. The van der Waals surface area contributed by atoms with E-state index < -0.39 is 5.97 Å². The molecule has 0 spiro atoms. The highest BCUT2D eigenvalue weighted by atomic mass is 16.5. The molecule has 0 aliphatic rings. The standard InChI is InChI=1S/C21H20N2O3/c1-15-18(13-20(24)26-14-17-10-6-3-7-11-17)23-21(25)19(22-15)12-16-8-4-2-5-9-16/h2-11H,12-14H2,1H3,(H,23,25). The predicted octanol–water partition coefficient (Wildman–Crippen LogP) is 2.96. The van der Waals surface area contributed by atoms with Gasteiger partial charge in [0.2, 0.25) is 0 Å². The second-order valence-corrected chi connectivity index (χ2v) is 6.06. The third-order valence-electron chi connectivity index (χ3n) is 4.04. The number of hydrogen-bond acceptors (Lipinski definition) is 4. The van der Waals surface area contributed by atoms with Gasteiger partial charge in [-0.05, 0) is 18.1 Å². The lowest BCUT2D eigenvalue weighted by molar-refractivity contribution is -0.144. The minimum absolute atomic E-state index is 0.00742. The van der Waals surface area contributed by atoms with E-state index in [9.17, 15) is 9.59 Å². The number of rotatable bonds is 6. The molecule has 0 saturated carbocycles. The summed E-state index contributed by atoms with van der Waals surface area (Å²) in [4.78, 5) is 31.5. The maximum Gasteiger partial charge on any atom is 0.312 e. The largest absolute Gasteiger partial charge is 0.461 e. The Morgan fingerprint density at radius 2 is 1.62 bits per heavy atom. The highest BCUT2D eigenvalue weighted by Crippen LogP contribution is 2.08. The fourth-order valence-electron chi connectivity index (χ4n) is 2.63. The van der Waals surface area contributed by atoms with Gasteiger partial charge in [0.1, 0.15) is 12.3 Å². The Labute approximate surface area is 151 Å². The third-order valence-corrected chi connectivity index (χ3v) is 4.04. The molecule has 1 aromatic heterocycles. The van der Waals surface area contributed by atoms with Gasteiger partial charge in [-0.1, -0.05) is 60.7 Å². The normalized spacial score (nSPS) is 10.5. The molecule has 0 saturated heterocycles. The van der Waals surface area contributed by atoms with Crippen molar-refractivity contribution < 1.29 is 9.53 Å². The molecule has 0 atom stereocenters. The van der Waals surface area contributed by atoms with Gasteiger partial charge in [-0.25, -0.2) is 0 Å². The van der Waals surface area contributed by atoms with Gasteiger partial charge in [0.15, 0.2) is 0 Å². The van der Waals surface area contributed by atoms with Gasteiger partial charge in [-0.15, -0.1) is 0 Å². The van der Waals surface area contributed by atoms with Crippen LogP contribution < -0.4 is 5.56 Å². The maximum absolute atomic E-state index is 12.3. The van der Waals surface area contributed by atoms with Crippen molar-refractivity contribution >= 4 is 5.97 Å². The molecule has 5 nitrogen and oxygen atoms in total. The molecule has 26 heavy (non-hydrogen) atoms. The summed E-state index contributed by atoms with van der Waals surface area (Å²) < 4.78 is 5.26. The van der Waals surface area contributed by atoms with Crippen molar-refractivity contribution in [1.82, 2.24) is 9.97 Å². The Balaban J connectivity index is 1.66. The van der Waals surface area contributed by atoms with E-state index in [1.807, 2.05) is 60.7 Å². The van der Waals surface area contributed by atoms with Crippen LogP contribution in [0.1, 0.15) is 28.2 Å². The zero-order valence-corrected chi connectivity index (χ0v) is 14.6. The van der Waals surface area contributed by atoms with Gasteiger partial charge in [0.05, 0.1) is 17.8 Å². The first kappa shape index (κ1) is 17.6. The summed E-state index contributed by atoms with van der Waals surface area (Å²) in [6.45, 7) is 1.99. The van der Waals surface area contributed by atoms with E-state index in [1.54, 1.807) is 6.92 Å². The van der Waals surface area contributed by atoms with E-state index in [0.29, 0.717) is 23.5 Å². The van der Waals surface area contributed by atoms with Gasteiger partial charge in [-0.3, -0.25) is 14.6 Å². The number of hydrogen-bond donors (Lipinski definition) is 1. The number of aromatic nitrogens is 2. The number of nitrogens with zero attached hydrogens (tertiary/aromatic N) is 1. The Hall–Kier alpha value is -3.21. The highest BCUT2D eigenvalue weighted by Gasteiger charge is 2.13. The van der Waals surface area contributed by atoms with Gasteiger partial charge in [0, 0.05) is 6.42 Å². The second kappa shape index (κ2) is 8.25. The van der Waals surface area contributed by atoms with Crippen LogP contribution in [0, 0.1) is 6.92 Å². The molecule has 2 aromatic carbocycles. The molecule has 0 radical (unpaired) electrons. The van der Waals surface area contributed by atoms with Gasteiger partial charge in [-0.2, -0.15) is 0 Å². The topological polar surface area (TPSA) is 72.0 Å². The molecule has 0 fully saturated rings. The van der Waals surface area contributed by atoms with Crippen molar-refractivity contribution in [3.63, 3.8) is 0 Å². The van der Waals surface area contributed by atoms with Gasteiger partial charge >= 0.3 is 5.97 Å². The first-order valence-electron chi connectivity index (χ1n) is 8.44. The summed E-state index contributed by atoms with van der Waals surface area (Å²) in [5.41, 5.74) is 3.22. The number of benzene rings is 2. The van der Waals surface area contributed by atoms with E-state index in [2.05, 4.69) is 9.97 Å². The molecule has 5 heteroatoms. The molecule has 0 amide bonds. The van der Waals surface area contributed by atoms with Crippen LogP contribution in [0.15, 0.2) is 65.5 Å². The number of carbonyl (C=O) groups excluding carboxylic acids is 1. The molecule has 0 bridgehead atoms. The van der Waals surface area contributed by atoms with Crippen LogP contribution >= 0.6 is 0 Å². The quantitative estimate of drug-likeness (QED) is 0.695. The molecular weight excluding hydrogens is 328 g/mol. The van der Waals surface area contributed by atoms with Crippen LogP contribution in [-0.2, 0) is 29.0 Å². The average Bonchev–Trinajstić information content (AvgIpc) is 2.66. The van der Waals surface area contributed by atoms with Crippen molar-refractivity contribution in [2.24, 2.45) is 0 Å². The molecule has 132 valence electrons. The summed E-state index contributed by atoms with van der Waals surface area (Å²) in [7, 11) is 0. The van der Waals surface area contributed by atoms with E-state index in [1.165, 1.54) is 0 Å². The van der Waals surface area contributed by atoms with E-state index >= 15 is 0 Å². The summed E-state index contributed by atoms with van der Waals surface area (Å²) in [5.74, 6) is -0.398. The van der Waals surface area contributed by atoms with Crippen molar-refractivity contribution in [2.75, 3.05) is 0 Å². The Morgan fingerprint density at radius 1 is 1.00 bits per heavy atom. The lowest BCUT2D eigenvalue weighted by atomic mass is 10.1. The van der Waals surface area contributed by atoms with E-state index in [0.717, 1.165) is 11.1 Å². The minimum atomic E-state index is -0.398. The number of ether oxygens (including phenoxy) is 1. The molecule has 1 heterocycles. The first-order valence-corrected chi connectivity index (χ1v) is 8.44. The smallest absolute Gasteiger partial charge is 0.312 e. The van der Waals surface area contributed by atoms with Gasteiger partial charge in [0.25, 0.3) is 5.56 Å². The van der Waals surface area contributed by atoms with Crippen LogP contribution in [0.25, 0.3) is 0 Å². The second-order valence-electron chi connectivity index (χ2n) is 6.06. The number of nitrogens with one attached hydrogen (secondary N) is 1. The van der Waals surface area contributed by atoms with Crippen LogP contribution in [0.3, 0.4) is 0 Å². The number of H-pyrrole nitrogens is 1. The molecule has 3 aromatic rings. The number of aryl methyl sites for hydroxylation is 1. The third kappa shape index (κ3) is 4.66. The number of carbonyl (C=O) groups is 1. The highest BCUT2D eigenvalue weighted by molar-refractivity contribution is 5.72. The molecule has 0 aliphatic heterocycles. The lowest BCUT2D eigenvalue weighted by Gasteiger charge is -2.08. The van der Waals surface area contributed by atoms with Crippen LogP contribution in [0.5, 0.6) is 0 Å². The van der Waals surface area contributed by atoms with Crippen LogP contribution in [-0.4, -0.2) is 15.9 Å². The summed E-state index contributed by atoms with van der Waals surface area (Å²) in [6, 6.07) is 19.1. The van der Waals surface area contributed by atoms with Crippen molar-refractivity contribution in [3.05, 3.63) is 99.2 Å². The van der Waals surface area contributed by atoms with Crippen molar-refractivity contribution in [1.29, 1.82) is 0 Å². The zero-order chi connectivity index (χ0) is 18.4. The maximum atomic E-state index is 12.3. The van der Waals surface area contributed by atoms with Crippen molar-refractivity contribution in [2.45, 2.75) is 26.4 Å². The van der Waals surface area contributed by atoms with Crippen LogP contribution in [0.4, 0.5) is 0 Å². The summed E-state index contributed by atoms with van der Waals surface area (Å²) in [5, 5.41) is 0. The summed E-state index contributed by atoms with van der Waals surface area (Å²) >= 11 is 0. The monoisotopic (exact) mass is 348 g/mol. The number of aromatic amines is 1. The fourth-order valence-corrected chi connectivity index (χ4v) is 2.63. The van der Waals surface area contributed by atoms with Gasteiger partial charge < -0.3 is 9.72 Å².